The van der Waals surface area contributed by atoms with Gasteiger partial charge in [0.1, 0.15) is 11.4 Å². The van der Waals surface area contributed by atoms with Crippen LogP contribution in [0.4, 0.5) is 5.69 Å². The number of aromatic nitrogens is 4. The van der Waals surface area contributed by atoms with E-state index >= 15 is 0 Å². The Morgan fingerprint density at radius 3 is 2.54 bits per heavy atom. The molecule has 1 aliphatic rings. The molecular weight excluding hydrogens is 464 g/mol. The van der Waals surface area contributed by atoms with E-state index in [1.807, 2.05) is 59.3 Å². The van der Waals surface area contributed by atoms with Crippen LogP contribution in [0.1, 0.15) is 11.9 Å². The van der Waals surface area contributed by atoms with E-state index in [1.54, 1.807) is 12.1 Å². The third-order valence-electron chi connectivity index (χ3n) is 6.47. The Kier molecular flexibility index (Phi) is 5.49. The van der Waals surface area contributed by atoms with E-state index in [9.17, 15) is 9.90 Å². The summed E-state index contributed by atoms with van der Waals surface area (Å²) in [5.41, 5.74) is 3.24. The summed E-state index contributed by atoms with van der Waals surface area (Å²) in [5, 5.41) is 31.6. The maximum atomic E-state index is 12.1. The van der Waals surface area contributed by atoms with Crippen molar-refractivity contribution < 1.29 is 5.11 Å². The van der Waals surface area contributed by atoms with Crippen LogP contribution in [0.5, 0.6) is 0 Å². The van der Waals surface area contributed by atoms with Gasteiger partial charge in [-0.05, 0) is 30.3 Å². The van der Waals surface area contributed by atoms with Crippen LogP contribution in [0, 0.1) is 5.92 Å². The van der Waals surface area contributed by atoms with Crippen LogP contribution in [0.2, 0.25) is 5.02 Å². The first kappa shape index (κ1) is 21.8. The lowest BCUT2D eigenvalue weighted by Gasteiger charge is -2.27. The number of aromatic amines is 1. The van der Waals surface area contributed by atoms with E-state index in [1.165, 1.54) is 0 Å². The molecule has 176 valence electrons. The van der Waals surface area contributed by atoms with Crippen molar-refractivity contribution in [2.75, 3.05) is 18.4 Å². The van der Waals surface area contributed by atoms with Gasteiger partial charge in [-0.2, -0.15) is 10.2 Å². The summed E-state index contributed by atoms with van der Waals surface area (Å²) >= 11 is 6.63. The van der Waals surface area contributed by atoms with E-state index < -0.39 is 6.23 Å². The number of halogens is 1. The fourth-order valence-corrected chi connectivity index (χ4v) is 4.83. The fraction of sp³-hybridized carbons (Fsp3) is 0.192. The number of aliphatic hydroxyl groups is 1. The molecule has 35 heavy (non-hydrogen) atoms. The molecule has 0 spiro atoms. The first-order chi connectivity index (χ1) is 17.1. The summed E-state index contributed by atoms with van der Waals surface area (Å²) in [6.45, 7) is 2.77. The fourth-order valence-electron chi connectivity index (χ4n) is 4.56. The zero-order valence-corrected chi connectivity index (χ0v) is 19.5. The molecule has 3 aromatic carbocycles. The zero-order valence-electron chi connectivity index (χ0n) is 18.7. The van der Waals surface area contributed by atoms with E-state index in [0.29, 0.717) is 39.0 Å². The number of anilines is 1. The lowest BCUT2D eigenvalue weighted by molar-refractivity contribution is 0.202. The van der Waals surface area contributed by atoms with E-state index in [4.69, 9.17) is 16.7 Å². The number of nitrogens with zero attached hydrogens (tertiary/aromatic N) is 3. The summed E-state index contributed by atoms with van der Waals surface area (Å²) in [4.78, 5) is 12.1. The van der Waals surface area contributed by atoms with Gasteiger partial charge in [0.2, 0.25) is 0 Å². The molecule has 1 fully saturated rings. The Morgan fingerprint density at radius 2 is 1.80 bits per heavy atom. The monoisotopic (exact) mass is 486 g/mol. The molecule has 1 unspecified atom stereocenters. The number of fused-ring (bicyclic) bond motifs is 2. The van der Waals surface area contributed by atoms with Crippen molar-refractivity contribution in [1.29, 1.82) is 0 Å². The Balaban J connectivity index is 1.30. The highest BCUT2D eigenvalue weighted by Crippen LogP contribution is 2.34. The third kappa shape index (κ3) is 3.95. The molecule has 1 atom stereocenters. The summed E-state index contributed by atoms with van der Waals surface area (Å²) in [6.07, 6.45) is -1.02. The predicted octanol–water partition coefficient (Wildman–Crippen LogP) is 3.92. The molecule has 0 amide bonds. The minimum absolute atomic E-state index is 0.248. The number of rotatable bonds is 6. The van der Waals surface area contributed by atoms with Crippen LogP contribution < -0.4 is 16.2 Å². The molecule has 1 saturated heterocycles. The lowest BCUT2D eigenvalue weighted by Crippen LogP contribution is -2.44. The van der Waals surface area contributed by atoms with Crippen molar-refractivity contribution in [2.24, 2.45) is 5.92 Å². The molecule has 0 bridgehead atoms. The standard InChI is InChI=1S/C26H23ClN6O2/c27-21-11-16(9-10-19(21)23-17-5-1-2-6-18(17)25(34)31-30-23)29-26(35)24-20-7-3-4-8-22(20)33(32-24)14-15-12-28-13-15/h1-11,15,26,28-29,35H,12-14H2,(H,31,34). The molecule has 8 nitrogen and oxygen atoms in total. The second kappa shape index (κ2) is 8.81. The number of hydrogen-bond donors (Lipinski definition) is 4. The third-order valence-corrected chi connectivity index (χ3v) is 6.78. The zero-order chi connectivity index (χ0) is 23.9. The molecule has 2 aromatic heterocycles. The smallest absolute Gasteiger partial charge is 0.272 e. The average molecular weight is 487 g/mol. The quantitative estimate of drug-likeness (QED) is 0.271. The molecule has 9 heteroatoms. The number of para-hydroxylation sites is 1. The minimum Gasteiger partial charge on any atom is -0.368 e. The summed E-state index contributed by atoms with van der Waals surface area (Å²) in [7, 11) is 0. The Morgan fingerprint density at radius 1 is 1.06 bits per heavy atom. The van der Waals surface area contributed by atoms with Gasteiger partial charge in [0.05, 0.1) is 15.9 Å². The first-order valence-electron chi connectivity index (χ1n) is 11.5. The summed E-state index contributed by atoms with van der Waals surface area (Å²) < 4.78 is 1.98. The highest BCUT2D eigenvalue weighted by Gasteiger charge is 2.22. The number of H-pyrrole nitrogens is 1. The van der Waals surface area contributed by atoms with Crippen molar-refractivity contribution in [2.45, 2.75) is 12.8 Å². The second-order valence-electron chi connectivity index (χ2n) is 8.80. The number of benzene rings is 3. The van der Waals surface area contributed by atoms with Crippen molar-refractivity contribution in [3.05, 3.63) is 87.8 Å². The molecule has 4 N–H and O–H groups in total. The van der Waals surface area contributed by atoms with Gasteiger partial charge >= 0.3 is 0 Å². The van der Waals surface area contributed by atoms with Crippen molar-refractivity contribution in [3.63, 3.8) is 0 Å². The molecule has 3 heterocycles. The molecular formula is C26H23ClN6O2. The molecule has 1 aliphatic heterocycles. The van der Waals surface area contributed by atoms with E-state index in [-0.39, 0.29) is 5.56 Å². The summed E-state index contributed by atoms with van der Waals surface area (Å²) in [5.74, 6) is 0.542. The maximum Gasteiger partial charge on any atom is 0.272 e. The minimum atomic E-state index is -1.02. The van der Waals surface area contributed by atoms with Crippen LogP contribution in [0.25, 0.3) is 32.9 Å². The SMILES string of the molecule is O=c1[nH]nc(-c2ccc(NC(O)c3nn(CC4CNC4)c4ccccc34)cc2Cl)c2ccccc12. The average Bonchev–Trinajstić information content (AvgIpc) is 3.21. The van der Waals surface area contributed by atoms with Gasteiger partial charge in [0.25, 0.3) is 5.56 Å². The van der Waals surface area contributed by atoms with Gasteiger partial charge in [-0.25, -0.2) is 5.10 Å². The predicted molar refractivity (Wildman–Crippen MR) is 137 cm³/mol. The highest BCUT2D eigenvalue weighted by atomic mass is 35.5. The number of hydrogen-bond acceptors (Lipinski definition) is 6. The largest absolute Gasteiger partial charge is 0.368 e. The van der Waals surface area contributed by atoms with Crippen LogP contribution in [-0.2, 0) is 6.54 Å². The summed E-state index contributed by atoms with van der Waals surface area (Å²) in [6, 6.07) is 20.6. The Labute approximate surface area is 205 Å². The van der Waals surface area contributed by atoms with E-state index in [2.05, 4.69) is 20.8 Å². The second-order valence-corrected chi connectivity index (χ2v) is 9.20. The number of nitrogens with one attached hydrogen (secondary N) is 3. The van der Waals surface area contributed by atoms with Crippen LogP contribution in [0.3, 0.4) is 0 Å². The van der Waals surface area contributed by atoms with Gasteiger partial charge in [0, 0.05) is 47.6 Å². The molecule has 5 aromatic rings. The molecule has 6 rings (SSSR count). The van der Waals surface area contributed by atoms with Gasteiger partial charge in [0.15, 0.2) is 6.23 Å². The van der Waals surface area contributed by atoms with Crippen molar-refractivity contribution in [1.82, 2.24) is 25.3 Å². The van der Waals surface area contributed by atoms with Gasteiger partial charge in [-0.1, -0.05) is 48.0 Å². The van der Waals surface area contributed by atoms with Gasteiger partial charge in [-0.3, -0.25) is 9.48 Å². The van der Waals surface area contributed by atoms with Crippen LogP contribution in [-0.4, -0.2) is 38.2 Å². The lowest BCUT2D eigenvalue weighted by atomic mass is 10.0. The normalized spacial score (nSPS) is 14.8. The molecule has 0 radical (unpaired) electrons. The van der Waals surface area contributed by atoms with Gasteiger partial charge < -0.3 is 15.7 Å². The first-order valence-corrected chi connectivity index (χ1v) is 11.8. The van der Waals surface area contributed by atoms with Gasteiger partial charge in [-0.15, -0.1) is 0 Å². The van der Waals surface area contributed by atoms with E-state index in [0.717, 1.165) is 35.9 Å². The van der Waals surface area contributed by atoms with Crippen LogP contribution in [0.15, 0.2) is 71.5 Å². The Bertz CT molecular complexity index is 1610. The molecule has 0 aliphatic carbocycles. The van der Waals surface area contributed by atoms with Crippen molar-refractivity contribution in [3.8, 4) is 11.3 Å². The molecule has 0 saturated carbocycles. The maximum absolute atomic E-state index is 12.1. The van der Waals surface area contributed by atoms with Crippen molar-refractivity contribution >= 4 is 39.0 Å². The number of aliphatic hydroxyl groups excluding tert-OH is 1. The Hall–Kier alpha value is -3.72. The topological polar surface area (TPSA) is 108 Å². The highest BCUT2D eigenvalue weighted by molar-refractivity contribution is 6.34. The van der Waals surface area contributed by atoms with Crippen LogP contribution >= 0.6 is 11.6 Å².